The van der Waals surface area contributed by atoms with E-state index in [-0.39, 0.29) is 36.1 Å². The van der Waals surface area contributed by atoms with Gasteiger partial charge in [-0.25, -0.2) is 4.79 Å². The van der Waals surface area contributed by atoms with Crippen LogP contribution < -0.4 is 4.90 Å². The maximum Gasteiger partial charge on any atom is 0.338 e. The van der Waals surface area contributed by atoms with E-state index in [0.717, 1.165) is 10.5 Å². The number of imide groups is 1. The first-order valence-corrected chi connectivity index (χ1v) is 9.53. The van der Waals surface area contributed by atoms with Crippen molar-refractivity contribution in [3.05, 3.63) is 41.5 Å². The van der Waals surface area contributed by atoms with E-state index in [0.29, 0.717) is 43.5 Å². The molecule has 7 heteroatoms. The average Bonchev–Trinajstić information content (AvgIpc) is 2.97. The van der Waals surface area contributed by atoms with Gasteiger partial charge in [0.2, 0.25) is 17.7 Å². The van der Waals surface area contributed by atoms with Crippen molar-refractivity contribution in [2.24, 2.45) is 11.8 Å². The van der Waals surface area contributed by atoms with Crippen LogP contribution in [0.2, 0.25) is 0 Å². The Labute approximate surface area is 162 Å². The van der Waals surface area contributed by atoms with Gasteiger partial charge in [-0.1, -0.05) is 18.2 Å². The lowest BCUT2D eigenvalue weighted by Gasteiger charge is -2.31. The number of benzene rings is 1. The minimum absolute atomic E-state index is 0.256. The topological polar surface area (TPSA) is 84.0 Å². The number of ether oxygens (including phenoxy) is 1. The molecular weight excluding hydrogens is 360 g/mol. The maximum absolute atomic E-state index is 13.0. The molecule has 1 fully saturated rings. The highest BCUT2D eigenvalue weighted by molar-refractivity contribution is 6.09. The zero-order chi connectivity index (χ0) is 19.8. The Hall–Kier alpha value is -2.96. The molecular formula is C21H22N2O5. The van der Waals surface area contributed by atoms with E-state index in [9.17, 15) is 19.2 Å². The monoisotopic (exact) mass is 382 g/mol. The molecule has 28 heavy (non-hydrogen) atoms. The lowest BCUT2D eigenvalue weighted by molar-refractivity contribution is -0.143. The third-order valence-electron chi connectivity index (χ3n) is 5.85. The highest BCUT2D eigenvalue weighted by Gasteiger charge is 2.48. The molecule has 7 nitrogen and oxygen atoms in total. The number of amides is 3. The van der Waals surface area contributed by atoms with Crippen LogP contribution in [0.3, 0.4) is 0 Å². The second-order valence-electron chi connectivity index (χ2n) is 7.36. The number of esters is 1. The number of allylic oxidation sites excluding steroid dienone is 2. The fourth-order valence-electron chi connectivity index (χ4n) is 4.43. The van der Waals surface area contributed by atoms with Crippen LogP contribution in [0.25, 0.3) is 0 Å². The molecule has 1 aromatic carbocycles. The van der Waals surface area contributed by atoms with Gasteiger partial charge in [-0.15, -0.1) is 0 Å². The molecule has 0 N–H and O–H groups in total. The van der Waals surface area contributed by atoms with E-state index >= 15 is 0 Å². The summed E-state index contributed by atoms with van der Waals surface area (Å²) >= 11 is 0. The Morgan fingerprint density at radius 3 is 2.43 bits per heavy atom. The largest absolute Gasteiger partial charge is 0.465 e. The molecule has 0 radical (unpaired) electrons. The number of methoxy groups -OCH3 is 1. The van der Waals surface area contributed by atoms with Crippen LogP contribution in [-0.4, -0.2) is 48.8 Å². The van der Waals surface area contributed by atoms with E-state index in [1.807, 2.05) is 12.2 Å². The number of fused-ring (bicyclic) bond motifs is 2. The van der Waals surface area contributed by atoms with Crippen LogP contribution in [0.1, 0.15) is 35.2 Å². The number of hydrogen-bond acceptors (Lipinski definition) is 5. The number of likely N-dealkylation sites (tertiary alicyclic amines) is 1. The van der Waals surface area contributed by atoms with E-state index in [1.165, 1.54) is 7.11 Å². The zero-order valence-corrected chi connectivity index (χ0v) is 15.7. The lowest BCUT2D eigenvalue weighted by Crippen LogP contribution is -2.45. The molecule has 1 aliphatic carbocycles. The summed E-state index contributed by atoms with van der Waals surface area (Å²) in [6.07, 6.45) is 6.31. The lowest BCUT2D eigenvalue weighted by atomic mass is 9.85. The molecule has 146 valence electrons. The average molecular weight is 382 g/mol. The Morgan fingerprint density at radius 2 is 1.79 bits per heavy atom. The van der Waals surface area contributed by atoms with Crippen molar-refractivity contribution < 1.29 is 23.9 Å². The third-order valence-corrected chi connectivity index (χ3v) is 5.85. The predicted molar refractivity (Wildman–Crippen MR) is 101 cm³/mol. The first-order valence-electron chi connectivity index (χ1n) is 9.53. The van der Waals surface area contributed by atoms with Crippen molar-refractivity contribution in [2.45, 2.75) is 25.7 Å². The van der Waals surface area contributed by atoms with E-state index < -0.39 is 5.97 Å². The summed E-state index contributed by atoms with van der Waals surface area (Å²) in [6.45, 7) is 0.230. The number of nitrogens with zero attached hydrogens (tertiary/aromatic N) is 2. The van der Waals surface area contributed by atoms with Gasteiger partial charge in [0.1, 0.15) is 6.54 Å². The summed E-state index contributed by atoms with van der Waals surface area (Å²) in [5.41, 5.74) is 1.87. The standard InChI is InChI=1S/C21H22N2O5/c1-28-21(27)16-8-4-10-17-13(16)9-5-11-22(17)18(24)12-23-19(25)14-6-2-3-7-15(14)20(23)26/h2-4,8,10,14-15H,5-7,9,11-12H2,1H3/t14-,15-/m1/s1. The molecule has 3 aliphatic rings. The molecule has 2 atom stereocenters. The van der Waals surface area contributed by atoms with Crippen LogP contribution in [0.4, 0.5) is 5.69 Å². The first kappa shape index (κ1) is 18.4. The normalized spacial score (nSPS) is 23.5. The van der Waals surface area contributed by atoms with Crippen molar-refractivity contribution >= 4 is 29.4 Å². The highest BCUT2D eigenvalue weighted by atomic mass is 16.5. The molecule has 0 spiro atoms. The van der Waals surface area contributed by atoms with Gasteiger partial charge >= 0.3 is 5.97 Å². The van der Waals surface area contributed by atoms with Crippen molar-refractivity contribution in [1.29, 1.82) is 0 Å². The van der Waals surface area contributed by atoms with Crippen molar-refractivity contribution in [3.63, 3.8) is 0 Å². The predicted octanol–water partition coefficient (Wildman–Crippen LogP) is 1.70. The number of rotatable bonds is 3. The van der Waals surface area contributed by atoms with Crippen LogP contribution in [-0.2, 0) is 25.5 Å². The van der Waals surface area contributed by atoms with E-state index in [2.05, 4.69) is 0 Å². The molecule has 0 saturated carbocycles. The number of carbonyl (C=O) groups excluding carboxylic acids is 4. The van der Waals surface area contributed by atoms with Crippen molar-refractivity contribution in [1.82, 2.24) is 4.90 Å². The smallest absolute Gasteiger partial charge is 0.338 e. The Morgan fingerprint density at radius 1 is 1.11 bits per heavy atom. The van der Waals surface area contributed by atoms with Gasteiger partial charge in [0.15, 0.2) is 0 Å². The van der Waals surface area contributed by atoms with Crippen LogP contribution in [0.5, 0.6) is 0 Å². The zero-order valence-electron chi connectivity index (χ0n) is 15.7. The molecule has 0 bridgehead atoms. The highest BCUT2D eigenvalue weighted by Crippen LogP contribution is 2.36. The van der Waals surface area contributed by atoms with Crippen molar-refractivity contribution in [2.75, 3.05) is 25.1 Å². The number of anilines is 1. The Balaban J connectivity index is 1.57. The SMILES string of the molecule is COC(=O)c1cccc2c1CCCN2C(=O)CN1C(=O)[C@@H]2CC=CC[C@H]2C1=O. The summed E-state index contributed by atoms with van der Waals surface area (Å²) in [6, 6.07) is 5.18. The molecule has 3 amide bonds. The van der Waals surface area contributed by atoms with Gasteiger partial charge in [-0.3, -0.25) is 19.3 Å². The van der Waals surface area contributed by atoms with Gasteiger partial charge in [0.25, 0.3) is 0 Å². The second-order valence-corrected chi connectivity index (χ2v) is 7.36. The van der Waals surface area contributed by atoms with Crippen LogP contribution >= 0.6 is 0 Å². The summed E-state index contributed by atoms with van der Waals surface area (Å²) in [4.78, 5) is 53.0. The summed E-state index contributed by atoms with van der Waals surface area (Å²) in [5, 5.41) is 0. The fraction of sp³-hybridized carbons (Fsp3) is 0.429. The van der Waals surface area contributed by atoms with Gasteiger partial charge < -0.3 is 9.64 Å². The molecule has 1 saturated heterocycles. The molecule has 0 aromatic heterocycles. The number of hydrogen-bond donors (Lipinski definition) is 0. The first-order chi connectivity index (χ1) is 13.5. The Bertz CT molecular complexity index is 865. The van der Waals surface area contributed by atoms with Crippen molar-refractivity contribution in [3.8, 4) is 0 Å². The van der Waals surface area contributed by atoms with Gasteiger partial charge in [0, 0.05) is 12.2 Å². The van der Waals surface area contributed by atoms with Crippen LogP contribution in [0.15, 0.2) is 30.4 Å². The molecule has 4 rings (SSSR count). The quantitative estimate of drug-likeness (QED) is 0.451. The van der Waals surface area contributed by atoms with E-state index in [4.69, 9.17) is 4.74 Å². The number of carbonyl (C=O) groups is 4. The maximum atomic E-state index is 13.0. The molecule has 0 unspecified atom stereocenters. The van der Waals surface area contributed by atoms with E-state index in [1.54, 1.807) is 23.1 Å². The third kappa shape index (κ3) is 2.91. The van der Waals surface area contributed by atoms with Gasteiger partial charge in [-0.05, 0) is 43.4 Å². The molecule has 2 aliphatic heterocycles. The Kier molecular flexibility index (Phi) is 4.75. The summed E-state index contributed by atoms with van der Waals surface area (Å²) in [5.74, 6) is -1.94. The van der Waals surface area contributed by atoms with Crippen LogP contribution in [0, 0.1) is 11.8 Å². The minimum atomic E-state index is -0.437. The van der Waals surface area contributed by atoms with Gasteiger partial charge in [-0.2, -0.15) is 0 Å². The summed E-state index contributed by atoms with van der Waals surface area (Å²) < 4.78 is 4.84. The molecule has 2 heterocycles. The molecule has 1 aromatic rings. The second kappa shape index (κ2) is 7.22. The summed E-state index contributed by atoms with van der Waals surface area (Å²) in [7, 11) is 1.33. The van der Waals surface area contributed by atoms with Gasteiger partial charge in [0.05, 0.1) is 24.5 Å². The minimum Gasteiger partial charge on any atom is -0.465 e. The fourth-order valence-corrected chi connectivity index (χ4v) is 4.43.